The number of ether oxygens (including phenoxy) is 2. The molecule has 4 heteroatoms. The van der Waals surface area contributed by atoms with Gasteiger partial charge >= 0.3 is 0 Å². The van der Waals surface area contributed by atoms with Gasteiger partial charge in [0.15, 0.2) is 11.5 Å². The Hall–Kier alpha value is -1.97. The Kier molecular flexibility index (Phi) is 2.70. The van der Waals surface area contributed by atoms with Crippen molar-refractivity contribution in [2.45, 2.75) is 26.3 Å². The second-order valence-corrected chi connectivity index (χ2v) is 4.54. The van der Waals surface area contributed by atoms with E-state index in [-0.39, 0.29) is 0 Å². The maximum atomic E-state index is 5.42. The molecule has 1 aromatic heterocycles. The summed E-state index contributed by atoms with van der Waals surface area (Å²) >= 11 is 0. The second kappa shape index (κ2) is 4.37. The zero-order chi connectivity index (χ0) is 12.5. The van der Waals surface area contributed by atoms with Gasteiger partial charge < -0.3 is 14.8 Å². The molecule has 0 aliphatic carbocycles. The molecule has 0 radical (unpaired) electrons. The quantitative estimate of drug-likeness (QED) is 0.900. The fraction of sp³-hybridized carbons (Fsp3) is 0.357. The van der Waals surface area contributed by atoms with Crippen molar-refractivity contribution >= 4 is 16.6 Å². The van der Waals surface area contributed by atoms with Gasteiger partial charge in [0.25, 0.3) is 0 Å². The number of nitrogens with zero attached hydrogens (tertiary/aromatic N) is 1. The van der Waals surface area contributed by atoms with Crippen LogP contribution in [-0.4, -0.2) is 17.8 Å². The van der Waals surface area contributed by atoms with Crippen LogP contribution in [0.5, 0.6) is 11.5 Å². The maximum Gasteiger partial charge on any atom is 0.231 e. The minimum absolute atomic E-state index is 0.299. The number of aromatic nitrogens is 1. The lowest BCUT2D eigenvalue weighted by Gasteiger charge is -2.14. The topological polar surface area (TPSA) is 43.4 Å². The Labute approximate surface area is 106 Å². The third-order valence-electron chi connectivity index (χ3n) is 3.25. The Morgan fingerprint density at radius 3 is 2.89 bits per heavy atom. The van der Waals surface area contributed by atoms with Gasteiger partial charge in [0.05, 0.1) is 0 Å². The van der Waals surface area contributed by atoms with Crippen molar-refractivity contribution in [3.05, 3.63) is 24.4 Å². The SMILES string of the molecule is CCC(C)Nc1nccc2cc3c(cc12)OCO3. The van der Waals surface area contributed by atoms with E-state index in [0.29, 0.717) is 12.8 Å². The van der Waals surface area contributed by atoms with Gasteiger partial charge in [-0.2, -0.15) is 0 Å². The van der Waals surface area contributed by atoms with Crippen molar-refractivity contribution in [2.75, 3.05) is 12.1 Å². The minimum Gasteiger partial charge on any atom is -0.454 e. The van der Waals surface area contributed by atoms with Gasteiger partial charge in [0.2, 0.25) is 6.79 Å². The van der Waals surface area contributed by atoms with Gasteiger partial charge in [-0.1, -0.05) is 6.92 Å². The highest BCUT2D eigenvalue weighted by atomic mass is 16.7. The second-order valence-electron chi connectivity index (χ2n) is 4.54. The predicted molar refractivity (Wildman–Crippen MR) is 71.2 cm³/mol. The molecule has 0 saturated heterocycles. The highest BCUT2D eigenvalue weighted by Gasteiger charge is 2.16. The number of pyridine rings is 1. The molecule has 0 amide bonds. The number of fused-ring (bicyclic) bond motifs is 2. The summed E-state index contributed by atoms with van der Waals surface area (Å²) in [4.78, 5) is 4.41. The molecule has 18 heavy (non-hydrogen) atoms. The van der Waals surface area contributed by atoms with Crippen LogP contribution in [0.1, 0.15) is 20.3 Å². The number of nitrogens with one attached hydrogen (secondary N) is 1. The molecule has 1 atom stereocenters. The molecule has 1 unspecified atom stereocenters. The molecule has 0 bridgehead atoms. The van der Waals surface area contributed by atoms with Crippen molar-refractivity contribution in [1.82, 2.24) is 4.98 Å². The first kappa shape index (κ1) is 11.1. The maximum absolute atomic E-state index is 5.42. The summed E-state index contributed by atoms with van der Waals surface area (Å²) in [5.41, 5.74) is 0. The highest BCUT2D eigenvalue weighted by molar-refractivity contribution is 5.94. The third-order valence-corrected chi connectivity index (χ3v) is 3.25. The number of hydrogen-bond donors (Lipinski definition) is 1. The molecule has 2 heterocycles. The molecule has 0 saturated carbocycles. The summed E-state index contributed by atoms with van der Waals surface area (Å²) in [7, 11) is 0. The summed E-state index contributed by atoms with van der Waals surface area (Å²) in [6.07, 6.45) is 2.87. The van der Waals surface area contributed by atoms with E-state index in [4.69, 9.17) is 9.47 Å². The molecular formula is C14H16N2O2. The Morgan fingerprint density at radius 2 is 2.11 bits per heavy atom. The van der Waals surface area contributed by atoms with Gasteiger partial charge in [-0.25, -0.2) is 4.98 Å². The van der Waals surface area contributed by atoms with Crippen molar-refractivity contribution < 1.29 is 9.47 Å². The van der Waals surface area contributed by atoms with Crippen LogP contribution in [0.15, 0.2) is 24.4 Å². The van der Waals surface area contributed by atoms with Crippen molar-refractivity contribution in [2.24, 2.45) is 0 Å². The zero-order valence-electron chi connectivity index (χ0n) is 10.6. The molecule has 1 N–H and O–H groups in total. The molecule has 0 spiro atoms. The van der Waals surface area contributed by atoms with E-state index < -0.39 is 0 Å². The average molecular weight is 244 g/mol. The van der Waals surface area contributed by atoms with Gasteiger partial charge in [-0.05, 0) is 36.9 Å². The number of rotatable bonds is 3. The van der Waals surface area contributed by atoms with Gasteiger partial charge in [0, 0.05) is 17.6 Å². The minimum atomic E-state index is 0.299. The van der Waals surface area contributed by atoms with Crippen LogP contribution in [-0.2, 0) is 0 Å². The summed E-state index contributed by atoms with van der Waals surface area (Å²) in [5.74, 6) is 2.51. The Bertz CT molecular complexity index is 583. The molecule has 2 aromatic rings. The standard InChI is InChI=1S/C14H16N2O2/c1-3-9(2)16-14-11-7-13-12(17-8-18-13)6-10(11)4-5-15-14/h4-7,9H,3,8H2,1-2H3,(H,15,16). The highest BCUT2D eigenvalue weighted by Crippen LogP contribution is 2.37. The van der Waals surface area contributed by atoms with Crippen LogP contribution < -0.4 is 14.8 Å². The largest absolute Gasteiger partial charge is 0.454 e. The van der Waals surface area contributed by atoms with Gasteiger partial charge in [-0.15, -0.1) is 0 Å². The lowest BCUT2D eigenvalue weighted by Crippen LogP contribution is -2.14. The van der Waals surface area contributed by atoms with E-state index in [2.05, 4.69) is 24.1 Å². The van der Waals surface area contributed by atoms with Crippen LogP contribution in [0.25, 0.3) is 10.8 Å². The van der Waals surface area contributed by atoms with E-state index >= 15 is 0 Å². The van der Waals surface area contributed by atoms with E-state index in [1.165, 1.54) is 0 Å². The molecule has 4 nitrogen and oxygen atoms in total. The summed E-state index contributed by atoms with van der Waals surface area (Å²) < 4.78 is 10.8. The molecule has 0 fully saturated rings. The number of hydrogen-bond acceptors (Lipinski definition) is 4. The smallest absolute Gasteiger partial charge is 0.231 e. The first-order chi connectivity index (χ1) is 8.78. The van der Waals surface area contributed by atoms with E-state index in [1.54, 1.807) is 0 Å². The third kappa shape index (κ3) is 1.83. The normalized spacial score (nSPS) is 14.8. The first-order valence-corrected chi connectivity index (χ1v) is 6.23. The van der Waals surface area contributed by atoms with Crippen LogP contribution in [0.4, 0.5) is 5.82 Å². The lowest BCUT2D eigenvalue weighted by atomic mass is 10.1. The van der Waals surface area contributed by atoms with Crippen molar-refractivity contribution in [3.8, 4) is 11.5 Å². The number of benzene rings is 1. The van der Waals surface area contributed by atoms with Crippen molar-refractivity contribution in [1.29, 1.82) is 0 Å². The molecule has 1 aliphatic rings. The fourth-order valence-corrected chi connectivity index (χ4v) is 2.01. The Balaban J connectivity index is 2.09. The molecular weight excluding hydrogens is 228 g/mol. The Morgan fingerprint density at radius 1 is 1.33 bits per heavy atom. The van der Waals surface area contributed by atoms with E-state index in [0.717, 1.165) is 34.5 Å². The van der Waals surface area contributed by atoms with E-state index in [1.807, 2.05) is 24.4 Å². The van der Waals surface area contributed by atoms with Crippen LogP contribution in [0.3, 0.4) is 0 Å². The molecule has 3 rings (SSSR count). The fourth-order valence-electron chi connectivity index (χ4n) is 2.01. The average Bonchev–Trinajstić information content (AvgIpc) is 2.83. The van der Waals surface area contributed by atoms with E-state index in [9.17, 15) is 0 Å². The number of anilines is 1. The molecule has 94 valence electrons. The predicted octanol–water partition coefficient (Wildman–Crippen LogP) is 3.17. The van der Waals surface area contributed by atoms with Gasteiger partial charge in [-0.3, -0.25) is 0 Å². The molecule has 1 aliphatic heterocycles. The van der Waals surface area contributed by atoms with Crippen LogP contribution in [0.2, 0.25) is 0 Å². The van der Waals surface area contributed by atoms with Gasteiger partial charge in [0.1, 0.15) is 5.82 Å². The first-order valence-electron chi connectivity index (χ1n) is 6.23. The zero-order valence-corrected chi connectivity index (χ0v) is 10.6. The van der Waals surface area contributed by atoms with Crippen LogP contribution in [0, 0.1) is 0 Å². The summed E-state index contributed by atoms with van der Waals surface area (Å²) in [5, 5.41) is 5.60. The lowest BCUT2D eigenvalue weighted by molar-refractivity contribution is 0.174. The summed E-state index contributed by atoms with van der Waals surface area (Å²) in [6, 6.07) is 6.38. The van der Waals surface area contributed by atoms with Crippen molar-refractivity contribution in [3.63, 3.8) is 0 Å². The van der Waals surface area contributed by atoms with Crippen LogP contribution >= 0.6 is 0 Å². The monoisotopic (exact) mass is 244 g/mol. The summed E-state index contributed by atoms with van der Waals surface area (Å²) in [6.45, 7) is 4.60. The molecule has 1 aromatic carbocycles.